The molecule has 0 aromatic carbocycles. The van der Waals surface area contributed by atoms with Crippen LogP contribution in [-0.2, 0) is 6.42 Å². The Morgan fingerprint density at radius 2 is 2.18 bits per heavy atom. The number of nitrogens with two attached hydrogens (primary N) is 1. The van der Waals surface area contributed by atoms with Crippen molar-refractivity contribution in [3.8, 4) is 0 Å². The lowest BCUT2D eigenvalue weighted by Crippen LogP contribution is -2.42. The van der Waals surface area contributed by atoms with E-state index >= 15 is 0 Å². The maximum atomic E-state index is 12.2. The van der Waals surface area contributed by atoms with Gasteiger partial charge >= 0.3 is 0 Å². The predicted octanol–water partition coefficient (Wildman–Crippen LogP) is 1.98. The first kappa shape index (κ1) is 13.7. The highest BCUT2D eigenvalue weighted by molar-refractivity contribution is 7.80. The average Bonchev–Trinajstić information content (AvgIpc) is 2.72. The van der Waals surface area contributed by atoms with E-state index in [0.717, 1.165) is 12.2 Å². The van der Waals surface area contributed by atoms with Crippen LogP contribution in [0.4, 0.5) is 0 Å². The van der Waals surface area contributed by atoms with Crippen LogP contribution in [0.3, 0.4) is 0 Å². The van der Waals surface area contributed by atoms with E-state index in [-0.39, 0.29) is 18.5 Å². The molecule has 5 heteroatoms. The van der Waals surface area contributed by atoms with Gasteiger partial charge in [-0.15, -0.1) is 0 Å². The molecule has 0 saturated heterocycles. The number of amides is 1. The van der Waals surface area contributed by atoms with Crippen LogP contribution in [0, 0.1) is 0 Å². The van der Waals surface area contributed by atoms with Gasteiger partial charge in [-0.2, -0.15) is 0 Å². The molecule has 0 fully saturated rings. The van der Waals surface area contributed by atoms with Gasteiger partial charge in [0.1, 0.15) is 5.76 Å². The van der Waals surface area contributed by atoms with Gasteiger partial charge in [-0.3, -0.25) is 4.79 Å². The summed E-state index contributed by atoms with van der Waals surface area (Å²) in [6.45, 7) is 6.08. The Hall–Kier alpha value is -1.36. The molecule has 0 spiro atoms. The second kappa shape index (κ2) is 5.82. The number of hydrogen-bond acceptors (Lipinski definition) is 3. The Morgan fingerprint density at radius 1 is 1.53 bits per heavy atom. The number of hydrogen-bond donors (Lipinski definition) is 1. The molecule has 2 N–H and O–H groups in total. The largest absolute Gasteiger partial charge is 0.456 e. The summed E-state index contributed by atoms with van der Waals surface area (Å²) in [5.74, 6) is 0.965. The van der Waals surface area contributed by atoms with Crippen molar-refractivity contribution in [2.24, 2.45) is 5.73 Å². The number of thiocarbonyl (C=S) groups is 1. The van der Waals surface area contributed by atoms with E-state index in [0.29, 0.717) is 10.7 Å². The van der Waals surface area contributed by atoms with Crippen molar-refractivity contribution in [1.29, 1.82) is 0 Å². The van der Waals surface area contributed by atoms with Crippen molar-refractivity contribution in [3.63, 3.8) is 0 Å². The second-order valence-corrected chi connectivity index (χ2v) is 4.64. The fourth-order valence-corrected chi connectivity index (χ4v) is 1.62. The van der Waals surface area contributed by atoms with Crippen LogP contribution in [-0.4, -0.2) is 28.4 Å². The summed E-state index contributed by atoms with van der Waals surface area (Å²) in [5.41, 5.74) is 5.49. The Labute approximate surface area is 107 Å². The maximum absolute atomic E-state index is 12.2. The number of rotatable bonds is 5. The van der Waals surface area contributed by atoms with Gasteiger partial charge in [0.25, 0.3) is 5.91 Å². The first-order chi connectivity index (χ1) is 7.95. The van der Waals surface area contributed by atoms with Crippen molar-refractivity contribution in [1.82, 2.24) is 4.90 Å². The molecule has 0 saturated carbocycles. The lowest BCUT2D eigenvalue weighted by atomic mass is 10.2. The van der Waals surface area contributed by atoms with Crippen LogP contribution >= 0.6 is 12.2 Å². The first-order valence-electron chi connectivity index (χ1n) is 5.63. The molecule has 1 heterocycles. The van der Waals surface area contributed by atoms with Gasteiger partial charge in [0.05, 0.1) is 11.5 Å². The number of carbonyl (C=O) groups excluding carboxylic acids is 1. The summed E-state index contributed by atoms with van der Waals surface area (Å²) >= 11 is 4.84. The summed E-state index contributed by atoms with van der Waals surface area (Å²) in [7, 11) is 0. The maximum Gasteiger partial charge on any atom is 0.290 e. The average molecular weight is 254 g/mol. The monoisotopic (exact) mass is 254 g/mol. The van der Waals surface area contributed by atoms with Crippen LogP contribution in [0.5, 0.6) is 0 Å². The number of nitrogens with zero attached hydrogens (tertiary/aromatic N) is 1. The molecule has 1 amide bonds. The van der Waals surface area contributed by atoms with Gasteiger partial charge in [0.15, 0.2) is 5.76 Å². The zero-order valence-electron chi connectivity index (χ0n) is 10.4. The van der Waals surface area contributed by atoms with Crippen LogP contribution in [0.15, 0.2) is 16.5 Å². The third-order valence-corrected chi connectivity index (χ3v) is 2.56. The Kier molecular flexibility index (Phi) is 4.69. The molecule has 0 unspecified atom stereocenters. The van der Waals surface area contributed by atoms with E-state index < -0.39 is 0 Å². The Bertz CT molecular complexity index is 412. The van der Waals surface area contributed by atoms with Crippen LogP contribution in [0.2, 0.25) is 0 Å². The van der Waals surface area contributed by atoms with E-state index in [2.05, 4.69) is 0 Å². The standard InChI is InChI=1S/C12H18N2O2S/c1-4-9-5-6-10(16-9)12(15)14(8(2)3)7-11(13)17/h5-6,8H,4,7H2,1-3H3,(H2,13,17). The summed E-state index contributed by atoms with van der Waals surface area (Å²) < 4.78 is 5.43. The molecule has 1 aromatic heterocycles. The third kappa shape index (κ3) is 3.56. The molecule has 0 atom stereocenters. The van der Waals surface area contributed by atoms with Gasteiger partial charge in [0, 0.05) is 12.5 Å². The second-order valence-electron chi connectivity index (χ2n) is 4.11. The molecule has 94 valence electrons. The number of aryl methyl sites for hydroxylation is 1. The SMILES string of the molecule is CCc1ccc(C(=O)N(CC(N)=S)C(C)C)o1. The number of carbonyl (C=O) groups is 1. The summed E-state index contributed by atoms with van der Waals surface area (Å²) in [4.78, 5) is 14.1. The molecule has 1 rings (SSSR count). The van der Waals surface area contributed by atoms with E-state index in [1.54, 1.807) is 11.0 Å². The fraction of sp³-hybridized carbons (Fsp3) is 0.500. The third-order valence-electron chi connectivity index (χ3n) is 2.43. The van der Waals surface area contributed by atoms with Gasteiger partial charge in [-0.25, -0.2) is 0 Å². The summed E-state index contributed by atoms with van der Waals surface area (Å²) in [5, 5.41) is 0. The summed E-state index contributed by atoms with van der Waals surface area (Å²) in [6, 6.07) is 3.53. The molecule has 0 aliphatic rings. The molecule has 0 aliphatic carbocycles. The molecule has 4 nitrogen and oxygen atoms in total. The van der Waals surface area contributed by atoms with Crippen LogP contribution in [0.25, 0.3) is 0 Å². The molecular formula is C12H18N2O2S. The van der Waals surface area contributed by atoms with Gasteiger partial charge in [-0.1, -0.05) is 19.1 Å². The highest BCUT2D eigenvalue weighted by atomic mass is 32.1. The molecule has 0 bridgehead atoms. The highest BCUT2D eigenvalue weighted by Crippen LogP contribution is 2.13. The van der Waals surface area contributed by atoms with Crippen molar-refractivity contribution < 1.29 is 9.21 Å². The lowest BCUT2D eigenvalue weighted by Gasteiger charge is -2.25. The van der Waals surface area contributed by atoms with Crippen LogP contribution in [0.1, 0.15) is 37.1 Å². The topological polar surface area (TPSA) is 59.5 Å². The van der Waals surface area contributed by atoms with Crippen molar-refractivity contribution in [3.05, 3.63) is 23.7 Å². The van der Waals surface area contributed by atoms with Crippen molar-refractivity contribution in [2.45, 2.75) is 33.2 Å². The minimum Gasteiger partial charge on any atom is -0.456 e. The first-order valence-corrected chi connectivity index (χ1v) is 6.04. The smallest absolute Gasteiger partial charge is 0.290 e. The minimum atomic E-state index is -0.174. The molecule has 17 heavy (non-hydrogen) atoms. The molecule has 0 radical (unpaired) electrons. The van der Waals surface area contributed by atoms with E-state index in [1.165, 1.54) is 0 Å². The highest BCUT2D eigenvalue weighted by Gasteiger charge is 2.22. The molecule has 0 aliphatic heterocycles. The lowest BCUT2D eigenvalue weighted by molar-refractivity contribution is 0.0702. The normalized spacial score (nSPS) is 10.6. The zero-order valence-corrected chi connectivity index (χ0v) is 11.2. The quantitative estimate of drug-likeness (QED) is 0.816. The predicted molar refractivity (Wildman–Crippen MR) is 71.0 cm³/mol. The minimum absolute atomic E-state index is 0.0270. The number of furan rings is 1. The van der Waals surface area contributed by atoms with Crippen LogP contribution < -0.4 is 5.73 Å². The molecule has 1 aromatic rings. The fourth-order valence-electron chi connectivity index (χ4n) is 1.48. The van der Waals surface area contributed by atoms with E-state index in [1.807, 2.05) is 26.8 Å². The van der Waals surface area contributed by atoms with E-state index in [4.69, 9.17) is 22.4 Å². The van der Waals surface area contributed by atoms with E-state index in [9.17, 15) is 4.79 Å². The van der Waals surface area contributed by atoms with Crippen molar-refractivity contribution >= 4 is 23.1 Å². The molecular weight excluding hydrogens is 236 g/mol. The van der Waals surface area contributed by atoms with Gasteiger partial charge in [-0.05, 0) is 26.0 Å². The van der Waals surface area contributed by atoms with Gasteiger partial charge < -0.3 is 15.1 Å². The van der Waals surface area contributed by atoms with Gasteiger partial charge in [0.2, 0.25) is 0 Å². The zero-order chi connectivity index (χ0) is 13.0. The Morgan fingerprint density at radius 3 is 2.59 bits per heavy atom. The summed E-state index contributed by atoms with van der Waals surface area (Å²) in [6.07, 6.45) is 0.768. The van der Waals surface area contributed by atoms with Crippen molar-refractivity contribution in [2.75, 3.05) is 6.54 Å². The Balaban J connectivity index is 2.87.